The zero-order valence-corrected chi connectivity index (χ0v) is 29.5. The van der Waals surface area contributed by atoms with Crippen molar-refractivity contribution in [1.82, 2.24) is 0 Å². The van der Waals surface area contributed by atoms with Crippen molar-refractivity contribution in [2.45, 2.75) is 142 Å². The first kappa shape index (κ1) is 34.8. The molecular formula is C26H54O5Si4. The lowest BCUT2D eigenvalue weighted by Crippen LogP contribution is -2.81. The third-order valence-electron chi connectivity index (χ3n) is 6.23. The van der Waals surface area contributed by atoms with E-state index in [1.54, 1.807) is 0 Å². The maximum atomic E-state index is 7.46. The topological polar surface area (TPSA) is 46.2 Å². The zero-order valence-electron chi connectivity index (χ0n) is 25.5. The first-order valence-electron chi connectivity index (χ1n) is 12.9. The summed E-state index contributed by atoms with van der Waals surface area (Å²) in [6.07, 6.45) is 12.9. The van der Waals surface area contributed by atoms with E-state index in [0.717, 1.165) is 0 Å². The van der Waals surface area contributed by atoms with Gasteiger partial charge in [-0.15, -0.1) is 12.8 Å². The molecule has 0 fully saturated rings. The van der Waals surface area contributed by atoms with Gasteiger partial charge in [-0.3, -0.25) is 0 Å². The van der Waals surface area contributed by atoms with Crippen LogP contribution in [0.2, 0.25) is 52.4 Å². The van der Waals surface area contributed by atoms with Gasteiger partial charge in [-0.25, -0.2) is 0 Å². The Hall–Kier alpha value is -0.212. The van der Waals surface area contributed by atoms with E-state index in [2.05, 4.69) is 64.2 Å². The monoisotopic (exact) mass is 558 g/mol. The lowest BCUT2D eigenvalue weighted by atomic mass is 10.5. The van der Waals surface area contributed by atoms with Gasteiger partial charge in [-0.05, 0) is 108 Å². The summed E-state index contributed by atoms with van der Waals surface area (Å²) in [6.45, 7) is 33.3. The van der Waals surface area contributed by atoms with Crippen LogP contribution in [-0.2, 0) is 22.4 Å². The second kappa shape index (κ2) is 12.1. The second-order valence-corrected chi connectivity index (χ2v) is 29.3. The molecule has 0 atom stereocenters. The molecule has 5 nitrogen and oxygen atoms in total. The quantitative estimate of drug-likeness (QED) is 0.182. The molecule has 0 N–H and O–H groups in total. The Morgan fingerprint density at radius 3 is 0.743 bits per heavy atom. The van der Waals surface area contributed by atoms with E-state index in [4.69, 9.17) is 35.3 Å². The molecule has 0 aromatic heterocycles. The molecule has 0 aromatic rings. The Bertz CT molecular complexity index is 666. The van der Waals surface area contributed by atoms with Gasteiger partial charge < -0.3 is 22.4 Å². The van der Waals surface area contributed by atoms with E-state index in [9.17, 15) is 0 Å². The molecule has 0 aliphatic heterocycles. The Morgan fingerprint density at radius 1 is 0.457 bits per heavy atom. The molecule has 0 rings (SSSR count). The van der Waals surface area contributed by atoms with Crippen molar-refractivity contribution in [3.63, 3.8) is 0 Å². The first-order chi connectivity index (χ1) is 15.5. The van der Waals surface area contributed by atoms with Crippen molar-refractivity contribution in [1.29, 1.82) is 0 Å². The summed E-state index contributed by atoms with van der Waals surface area (Å²) >= 11 is 0. The standard InChI is InChI=1S/C26H54O5Si4/c1-19-25(32(11,12)27-21(3)4,33(13,14)28-22(5)6)31-26(20-2,34(15,16)29-23(7)8)35(17,18)30-24(9)10/h1-2,21-24H,3-18H3. The largest absolute Gasteiger partial charge is 0.411 e. The van der Waals surface area contributed by atoms with E-state index in [1.165, 1.54) is 0 Å². The Kier molecular flexibility index (Phi) is 12.0. The summed E-state index contributed by atoms with van der Waals surface area (Å²) in [4.78, 5) is -2.20. The van der Waals surface area contributed by atoms with Crippen molar-refractivity contribution < 1.29 is 22.4 Å². The fraction of sp³-hybridized carbons (Fsp3) is 0.846. The zero-order chi connectivity index (χ0) is 28.3. The van der Waals surface area contributed by atoms with Crippen LogP contribution >= 0.6 is 0 Å². The molecule has 0 radical (unpaired) electrons. The number of hydrogen-bond acceptors (Lipinski definition) is 5. The smallest absolute Gasteiger partial charge is 0.232 e. The van der Waals surface area contributed by atoms with Crippen LogP contribution in [0.5, 0.6) is 0 Å². The molecule has 0 saturated carbocycles. The molecule has 0 bridgehead atoms. The fourth-order valence-corrected chi connectivity index (χ4v) is 26.7. The van der Waals surface area contributed by atoms with Crippen molar-refractivity contribution in [3.8, 4) is 24.7 Å². The average molecular weight is 559 g/mol. The highest BCUT2D eigenvalue weighted by molar-refractivity contribution is 6.97. The van der Waals surface area contributed by atoms with Crippen LogP contribution < -0.4 is 0 Å². The van der Waals surface area contributed by atoms with E-state index in [0.29, 0.717) is 0 Å². The lowest BCUT2D eigenvalue weighted by molar-refractivity contribution is 0.00352. The van der Waals surface area contributed by atoms with Gasteiger partial charge in [0.1, 0.15) is 0 Å². The molecule has 0 amide bonds. The molecule has 0 saturated heterocycles. The second-order valence-electron chi connectivity index (χ2n) is 12.5. The highest BCUT2D eigenvalue weighted by Gasteiger charge is 2.71. The third-order valence-corrected chi connectivity index (χ3v) is 25.5. The van der Waals surface area contributed by atoms with Crippen LogP contribution in [0.4, 0.5) is 0 Å². The summed E-state index contributed by atoms with van der Waals surface area (Å²) in [5, 5.41) is 0. The average Bonchev–Trinajstić information content (AvgIpc) is 2.57. The van der Waals surface area contributed by atoms with Crippen LogP contribution in [0, 0.1) is 24.7 Å². The Labute approximate surface area is 221 Å². The van der Waals surface area contributed by atoms with Crippen LogP contribution in [0.15, 0.2) is 0 Å². The fourth-order valence-electron chi connectivity index (χ4n) is 5.61. The number of hydrogen-bond donors (Lipinski definition) is 0. The molecule has 0 spiro atoms. The predicted molar refractivity (Wildman–Crippen MR) is 159 cm³/mol. The van der Waals surface area contributed by atoms with Crippen LogP contribution in [0.1, 0.15) is 55.4 Å². The minimum Gasteiger partial charge on any atom is -0.411 e. The normalized spacial score (nSPS) is 14.7. The van der Waals surface area contributed by atoms with Gasteiger partial charge >= 0.3 is 0 Å². The third kappa shape index (κ3) is 7.43. The summed E-state index contributed by atoms with van der Waals surface area (Å²) in [5.74, 6) is 6.27. The van der Waals surface area contributed by atoms with E-state index in [1.807, 2.05) is 55.4 Å². The summed E-state index contributed by atoms with van der Waals surface area (Å²) < 4.78 is 34.0. The molecule has 0 heterocycles. The van der Waals surface area contributed by atoms with Crippen LogP contribution in [-0.4, -0.2) is 67.4 Å². The van der Waals surface area contributed by atoms with Crippen molar-refractivity contribution in [2.24, 2.45) is 0 Å². The van der Waals surface area contributed by atoms with Crippen molar-refractivity contribution in [2.75, 3.05) is 0 Å². The van der Waals surface area contributed by atoms with Gasteiger partial charge in [-0.1, -0.05) is 11.8 Å². The van der Waals surface area contributed by atoms with Gasteiger partial charge in [0.25, 0.3) is 0 Å². The van der Waals surface area contributed by atoms with Crippen LogP contribution in [0.25, 0.3) is 0 Å². The van der Waals surface area contributed by atoms with Gasteiger partial charge in [0.15, 0.2) is 9.70 Å². The SMILES string of the molecule is C#CC(OC(C#C)([Si](C)(C)OC(C)C)[Si](C)(C)OC(C)C)([Si](C)(C)OC(C)C)[Si](C)(C)OC(C)C. The van der Waals surface area contributed by atoms with Gasteiger partial charge in [0, 0.05) is 24.4 Å². The molecule has 9 heteroatoms. The van der Waals surface area contributed by atoms with E-state index in [-0.39, 0.29) is 24.4 Å². The molecule has 0 aliphatic rings. The Balaban J connectivity index is 7.61. The summed E-state index contributed by atoms with van der Waals surface area (Å²) in [5.41, 5.74) is 0. The maximum absolute atomic E-state index is 7.46. The Morgan fingerprint density at radius 2 is 0.629 bits per heavy atom. The highest BCUT2D eigenvalue weighted by Crippen LogP contribution is 2.46. The van der Waals surface area contributed by atoms with Gasteiger partial charge in [0.05, 0.1) is 0 Å². The maximum Gasteiger partial charge on any atom is 0.232 e. The van der Waals surface area contributed by atoms with E-state index < -0.39 is 43.0 Å². The molecular weight excluding hydrogens is 505 g/mol. The molecule has 35 heavy (non-hydrogen) atoms. The lowest BCUT2D eigenvalue weighted by Gasteiger charge is -2.58. The van der Waals surface area contributed by atoms with Gasteiger partial charge in [0.2, 0.25) is 33.3 Å². The highest BCUT2D eigenvalue weighted by atomic mass is 28.4. The van der Waals surface area contributed by atoms with Gasteiger partial charge in [-0.2, -0.15) is 0 Å². The summed E-state index contributed by atoms with van der Waals surface area (Å²) in [7, 11) is -11.2. The molecule has 204 valence electrons. The predicted octanol–water partition coefficient (Wildman–Crippen LogP) is 6.42. The molecule has 0 aromatic carbocycles. The molecule has 0 unspecified atom stereocenters. The minimum absolute atomic E-state index is 0.0218. The number of ether oxygens (including phenoxy) is 1. The van der Waals surface area contributed by atoms with E-state index >= 15 is 0 Å². The molecule has 0 aliphatic carbocycles. The minimum atomic E-state index is -2.80. The first-order valence-corrected chi connectivity index (χ1v) is 24.5. The number of terminal acetylenes is 2. The van der Waals surface area contributed by atoms with Crippen LogP contribution in [0.3, 0.4) is 0 Å². The number of rotatable bonds is 14. The van der Waals surface area contributed by atoms with Crippen molar-refractivity contribution in [3.05, 3.63) is 0 Å². The summed E-state index contributed by atoms with van der Waals surface area (Å²) in [6, 6.07) is 0. The van der Waals surface area contributed by atoms with Crippen molar-refractivity contribution >= 4 is 33.3 Å².